The van der Waals surface area contributed by atoms with Gasteiger partial charge in [0.25, 0.3) is 0 Å². The van der Waals surface area contributed by atoms with Crippen molar-refractivity contribution in [3.8, 4) is 0 Å². The summed E-state index contributed by atoms with van der Waals surface area (Å²) in [6, 6.07) is 0.192. The van der Waals surface area contributed by atoms with Gasteiger partial charge in [-0.25, -0.2) is 4.79 Å². The number of ether oxygens (including phenoxy) is 3. The van der Waals surface area contributed by atoms with Gasteiger partial charge in [-0.3, -0.25) is 9.69 Å². The van der Waals surface area contributed by atoms with Crippen LogP contribution in [0.2, 0.25) is 0 Å². The molecule has 0 N–H and O–H groups in total. The van der Waals surface area contributed by atoms with E-state index < -0.39 is 11.2 Å². The van der Waals surface area contributed by atoms with Gasteiger partial charge in [0.05, 0.1) is 24.7 Å². The standard InChI is InChI=1S/C18H27NO5/c1-11-8-17(2)9-14(20)23-13-5-7-19-6-4-12(15(13)19)10-22-16(21)18(11,3)24-17/h11-13,15H,4-10H2,1-3H3/t11-,12-,13-,15-,17+,18-/m0/s1. The Morgan fingerprint density at radius 3 is 2.71 bits per heavy atom. The molecule has 6 atom stereocenters. The molecule has 0 aliphatic carbocycles. The monoisotopic (exact) mass is 337 g/mol. The van der Waals surface area contributed by atoms with Crippen LogP contribution in [0, 0.1) is 11.8 Å². The number of esters is 2. The maximum atomic E-state index is 12.7. The van der Waals surface area contributed by atoms with E-state index in [9.17, 15) is 9.59 Å². The molecule has 6 heteroatoms. The third kappa shape index (κ3) is 2.46. The zero-order valence-corrected chi connectivity index (χ0v) is 14.7. The predicted octanol–water partition coefficient (Wildman–Crippen LogP) is 1.51. The van der Waals surface area contributed by atoms with Crippen molar-refractivity contribution in [1.29, 1.82) is 0 Å². The Hall–Kier alpha value is -1.14. The summed E-state index contributed by atoms with van der Waals surface area (Å²) in [6.45, 7) is 8.01. The predicted molar refractivity (Wildman–Crippen MR) is 85.2 cm³/mol. The zero-order chi connectivity index (χ0) is 17.1. The first-order valence-corrected chi connectivity index (χ1v) is 9.12. The Bertz CT molecular complexity index is 566. The smallest absolute Gasteiger partial charge is 0.338 e. The topological polar surface area (TPSA) is 65.1 Å². The van der Waals surface area contributed by atoms with Gasteiger partial charge in [-0.2, -0.15) is 0 Å². The molecule has 4 saturated heterocycles. The summed E-state index contributed by atoms with van der Waals surface area (Å²) in [6.07, 6.45) is 2.60. The summed E-state index contributed by atoms with van der Waals surface area (Å²) in [5.74, 6) is -0.260. The minimum Gasteiger partial charge on any atom is -0.463 e. The molecule has 24 heavy (non-hydrogen) atoms. The van der Waals surface area contributed by atoms with Gasteiger partial charge in [0.2, 0.25) is 0 Å². The van der Waals surface area contributed by atoms with Crippen molar-refractivity contribution in [1.82, 2.24) is 4.90 Å². The fourth-order valence-corrected chi connectivity index (χ4v) is 5.21. The van der Waals surface area contributed by atoms with Crippen molar-refractivity contribution in [2.24, 2.45) is 11.8 Å². The van der Waals surface area contributed by atoms with Crippen LogP contribution in [0.25, 0.3) is 0 Å². The number of carbonyl (C=O) groups is 2. The molecule has 4 fully saturated rings. The van der Waals surface area contributed by atoms with Crippen LogP contribution in [-0.4, -0.2) is 59.9 Å². The van der Waals surface area contributed by atoms with Crippen molar-refractivity contribution >= 4 is 11.9 Å². The molecule has 0 spiro atoms. The summed E-state index contributed by atoms with van der Waals surface area (Å²) in [7, 11) is 0. The summed E-state index contributed by atoms with van der Waals surface area (Å²) >= 11 is 0. The van der Waals surface area contributed by atoms with Gasteiger partial charge in [-0.05, 0) is 45.6 Å². The lowest BCUT2D eigenvalue weighted by Crippen LogP contribution is -2.46. The van der Waals surface area contributed by atoms with Crippen molar-refractivity contribution in [2.75, 3.05) is 19.7 Å². The Morgan fingerprint density at radius 2 is 1.92 bits per heavy atom. The summed E-state index contributed by atoms with van der Waals surface area (Å²) in [5, 5.41) is 0. The first kappa shape index (κ1) is 16.3. The largest absolute Gasteiger partial charge is 0.463 e. The highest BCUT2D eigenvalue weighted by Gasteiger charge is 2.56. The van der Waals surface area contributed by atoms with E-state index in [0.29, 0.717) is 13.0 Å². The maximum Gasteiger partial charge on any atom is 0.338 e. The molecular weight excluding hydrogens is 310 g/mol. The Kier molecular flexibility index (Phi) is 3.69. The van der Waals surface area contributed by atoms with Crippen molar-refractivity contribution < 1.29 is 23.8 Å². The van der Waals surface area contributed by atoms with E-state index in [1.165, 1.54) is 0 Å². The SMILES string of the molecule is C[C@H]1C[C@]2(C)CC(=O)O[C@H]3CCN4CC[C@@H](COC(=O)[C@@]1(C)O2)[C@@H]34. The van der Waals surface area contributed by atoms with E-state index in [4.69, 9.17) is 14.2 Å². The van der Waals surface area contributed by atoms with Crippen LogP contribution in [0.1, 0.15) is 46.5 Å². The highest BCUT2D eigenvalue weighted by molar-refractivity contribution is 5.80. The van der Waals surface area contributed by atoms with E-state index in [1.54, 1.807) is 6.92 Å². The van der Waals surface area contributed by atoms with Crippen LogP contribution >= 0.6 is 0 Å². The third-order valence-electron chi connectivity index (χ3n) is 6.55. The summed E-state index contributed by atoms with van der Waals surface area (Å²) in [5.41, 5.74) is -1.65. The zero-order valence-electron chi connectivity index (χ0n) is 14.7. The lowest BCUT2D eigenvalue weighted by Gasteiger charge is -2.32. The second-order valence-electron chi connectivity index (χ2n) is 8.43. The van der Waals surface area contributed by atoms with Gasteiger partial charge in [-0.1, -0.05) is 6.92 Å². The molecule has 6 nitrogen and oxygen atoms in total. The van der Waals surface area contributed by atoms with Gasteiger partial charge in [0.1, 0.15) is 6.10 Å². The molecule has 0 unspecified atom stereocenters. The Morgan fingerprint density at radius 1 is 1.17 bits per heavy atom. The molecule has 0 aromatic rings. The quantitative estimate of drug-likeness (QED) is 0.625. The van der Waals surface area contributed by atoms with Gasteiger partial charge in [0.15, 0.2) is 5.60 Å². The van der Waals surface area contributed by atoms with Crippen LogP contribution in [0.4, 0.5) is 0 Å². The number of cyclic esters (lactones) is 1. The molecule has 0 aromatic heterocycles. The van der Waals surface area contributed by atoms with Crippen molar-refractivity contribution in [3.63, 3.8) is 0 Å². The second kappa shape index (κ2) is 5.43. The van der Waals surface area contributed by atoms with E-state index in [2.05, 4.69) is 4.90 Å². The molecular formula is C18H27NO5. The minimum absolute atomic E-state index is 0.00290. The molecule has 0 aromatic carbocycles. The number of fused-ring (bicyclic) bond motifs is 2. The van der Waals surface area contributed by atoms with E-state index >= 15 is 0 Å². The average molecular weight is 337 g/mol. The highest BCUT2D eigenvalue weighted by atomic mass is 16.6. The van der Waals surface area contributed by atoms with Crippen LogP contribution in [0.3, 0.4) is 0 Å². The van der Waals surface area contributed by atoms with Gasteiger partial charge < -0.3 is 14.2 Å². The molecule has 4 heterocycles. The molecule has 0 radical (unpaired) electrons. The molecule has 4 aliphatic rings. The normalized spacial score (nSPS) is 49.1. The first-order chi connectivity index (χ1) is 11.3. The number of hydrogen-bond donors (Lipinski definition) is 0. The Balaban J connectivity index is 1.63. The number of rotatable bonds is 0. The van der Waals surface area contributed by atoms with Crippen LogP contribution in [-0.2, 0) is 23.8 Å². The number of carbonyl (C=O) groups excluding carboxylic acids is 2. The van der Waals surface area contributed by atoms with Crippen molar-refractivity contribution in [2.45, 2.75) is 69.8 Å². The second-order valence-corrected chi connectivity index (χ2v) is 8.43. The average Bonchev–Trinajstić information content (AvgIpc) is 3.11. The minimum atomic E-state index is -0.985. The third-order valence-corrected chi connectivity index (χ3v) is 6.55. The van der Waals surface area contributed by atoms with Gasteiger partial charge in [-0.15, -0.1) is 0 Å². The lowest BCUT2D eigenvalue weighted by molar-refractivity contribution is -0.187. The number of hydrogen-bond acceptors (Lipinski definition) is 6. The van der Waals surface area contributed by atoms with Crippen LogP contribution in [0.5, 0.6) is 0 Å². The summed E-state index contributed by atoms with van der Waals surface area (Å²) < 4.78 is 17.6. The van der Waals surface area contributed by atoms with Crippen molar-refractivity contribution in [3.05, 3.63) is 0 Å². The molecule has 2 bridgehead atoms. The highest BCUT2D eigenvalue weighted by Crippen LogP contribution is 2.46. The lowest BCUT2D eigenvalue weighted by atomic mass is 9.86. The molecule has 4 aliphatic heterocycles. The molecule has 0 amide bonds. The molecule has 4 rings (SSSR count). The number of nitrogens with zero attached hydrogens (tertiary/aromatic N) is 1. The first-order valence-electron chi connectivity index (χ1n) is 9.12. The fourth-order valence-electron chi connectivity index (χ4n) is 5.21. The van der Waals surface area contributed by atoms with E-state index in [0.717, 1.165) is 25.9 Å². The van der Waals surface area contributed by atoms with Crippen LogP contribution in [0.15, 0.2) is 0 Å². The fraction of sp³-hybridized carbons (Fsp3) is 0.889. The van der Waals surface area contributed by atoms with E-state index in [-0.39, 0.29) is 42.3 Å². The van der Waals surface area contributed by atoms with E-state index in [1.807, 2.05) is 13.8 Å². The molecule has 0 saturated carbocycles. The summed E-state index contributed by atoms with van der Waals surface area (Å²) in [4.78, 5) is 27.6. The Labute approximate surface area is 142 Å². The van der Waals surface area contributed by atoms with Gasteiger partial charge in [0, 0.05) is 12.5 Å². The van der Waals surface area contributed by atoms with Gasteiger partial charge >= 0.3 is 11.9 Å². The maximum absolute atomic E-state index is 12.7. The van der Waals surface area contributed by atoms with Crippen LogP contribution < -0.4 is 0 Å². The molecule has 134 valence electrons.